The maximum absolute atomic E-state index is 4.21. The van der Waals surface area contributed by atoms with Gasteiger partial charge in [-0.15, -0.1) is 24.0 Å². The number of hydrogen-bond donors (Lipinski definition) is 2. The highest BCUT2D eigenvalue weighted by molar-refractivity contribution is 14.0. The molecule has 1 atom stereocenters. The summed E-state index contributed by atoms with van der Waals surface area (Å²) in [5.41, 5.74) is 0. The molecule has 0 aliphatic carbocycles. The van der Waals surface area contributed by atoms with Crippen LogP contribution >= 0.6 is 24.0 Å². The zero-order valence-corrected chi connectivity index (χ0v) is 15.4. The van der Waals surface area contributed by atoms with Crippen LogP contribution < -0.4 is 10.6 Å². The van der Waals surface area contributed by atoms with E-state index in [0.29, 0.717) is 12.5 Å². The first kappa shape index (κ1) is 18.4. The van der Waals surface area contributed by atoms with E-state index < -0.39 is 0 Å². The Morgan fingerprint density at radius 1 is 1.36 bits per heavy atom. The lowest BCUT2D eigenvalue weighted by molar-refractivity contribution is 0.443. The number of aromatic nitrogens is 5. The van der Waals surface area contributed by atoms with Crippen LogP contribution in [-0.2, 0) is 20.1 Å². The van der Waals surface area contributed by atoms with Gasteiger partial charge in [0.25, 0.3) is 0 Å². The minimum Gasteiger partial charge on any atom is -0.356 e. The van der Waals surface area contributed by atoms with Crippen LogP contribution in [0.4, 0.5) is 0 Å². The summed E-state index contributed by atoms with van der Waals surface area (Å²) in [7, 11) is 3.62. The Labute approximate surface area is 147 Å². The highest BCUT2D eigenvalue weighted by Crippen LogP contribution is 1.98. The summed E-state index contributed by atoms with van der Waals surface area (Å²) in [5.74, 6) is 2.06. The zero-order valence-electron chi connectivity index (χ0n) is 13.1. The third-order valence-electron chi connectivity index (χ3n) is 3.12. The van der Waals surface area contributed by atoms with Crippen molar-refractivity contribution in [3.63, 3.8) is 0 Å². The van der Waals surface area contributed by atoms with Crippen LogP contribution in [0.5, 0.6) is 0 Å². The molecule has 2 rings (SSSR count). The van der Waals surface area contributed by atoms with Gasteiger partial charge in [-0.3, -0.25) is 14.4 Å². The van der Waals surface area contributed by atoms with Crippen LogP contribution in [0, 0.1) is 5.92 Å². The van der Waals surface area contributed by atoms with Gasteiger partial charge in [-0.25, -0.2) is 4.98 Å². The largest absolute Gasteiger partial charge is 0.356 e. The topological polar surface area (TPSA) is 85.0 Å². The average molecular weight is 418 g/mol. The fourth-order valence-electron chi connectivity index (χ4n) is 1.93. The molecule has 0 saturated heterocycles. The monoisotopic (exact) mass is 418 g/mol. The Balaban J connectivity index is 0.00000242. The lowest BCUT2D eigenvalue weighted by atomic mass is 10.2. The maximum Gasteiger partial charge on any atom is 0.191 e. The second-order valence-corrected chi connectivity index (χ2v) is 4.94. The molecule has 0 saturated carbocycles. The maximum atomic E-state index is 4.21. The van der Waals surface area contributed by atoms with Crippen LogP contribution in [0.15, 0.2) is 29.8 Å². The molecule has 0 aliphatic rings. The van der Waals surface area contributed by atoms with E-state index in [1.807, 2.05) is 24.0 Å². The molecule has 2 aromatic rings. The summed E-state index contributed by atoms with van der Waals surface area (Å²) in [6.07, 6.45) is 5.30. The lowest BCUT2D eigenvalue weighted by Crippen LogP contribution is -2.40. The van der Waals surface area contributed by atoms with Crippen LogP contribution in [-0.4, -0.2) is 44.1 Å². The van der Waals surface area contributed by atoms with Crippen molar-refractivity contribution in [3.8, 4) is 0 Å². The molecule has 2 heterocycles. The number of rotatable bonds is 6. The molecule has 0 amide bonds. The molecule has 0 fully saturated rings. The first-order valence-electron chi connectivity index (χ1n) is 6.94. The molecule has 0 aromatic carbocycles. The number of aliphatic imine (C=N–C) groups is 1. The summed E-state index contributed by atoms with van der Waals surface area (Å²) >= 11 is 0. The van der Waals surface area contributed by atoms with E-state index in [9.17, 15) is 0 Å². The van der Waals surface area contributed by atoms with E-state index in [2.05, 4.69) is 37.7 Å². The summed E-state index contributed by atoms with van der Waals surface area (Å²) in [6, 6.07) is 1.93. The molecule has 0 radical (unpaired) electrons. The molecule has 2 N–H and O–H groups in total. The zero-order chi connectivity index (χ0) is 15.1. The summed E-state index contributed by atoms with van der Waals surface area (Å²) in [5, 5.41) is 14.8. The van der Waals surface area contributed by atoms with Crippen molar-refractivity contribution in [3.05, 3.63) is 30.6 Å². The van der Waals surface area contributed by atoms with Crippen molar-refractivity contribution in [1.82, 2.24) is 35.2 Å². The third-order valence-corrected chi connectivity index (χ3v) is 3.12. The van der Waals surface area contributed by atoms with Crippen molar-refractivity contribution in [2.24, 2.45) is 18.0 Å². The van der Waals surface area contributed by atoms with Gasteiger partial charge in [0, 0.05) is 39.6 Å². The second-order valence-electron chi connectivity index (χ2n) is 4.94. The Hall–Kier alpha value is -1.65. The molecule has 0 aliphatic heterocycles. The fraction of sp³-hybridized carbons (Fsp3) is 0.538. The number of guanidine groups is 1. The van der Waals surface area contributed by atoms with Gasteiger partial charge in [0.1, 0.15) is 12.2 Å². The summed E-state index contributed by atoms with van der Waals surface area (Å²) in [4.78, 5) is 8.36. The van der Waals surface area contributed by atoms with Gasteiger partial charge in [-0.2, -0.15) is 10.2 Å². The Kier molecular flexibility index (Phi) is 7.85. The first-order valence-corrected chi connectivity index (χ1v) is 6.94. The SMILES string of the molecule is CN=C(NCc1ncnn1C)NCC(C)Cn1cccn1.I. The van der Waals surface area contributed by atoms with Crippen LogP contribution in [0.25, 0.3) is 0 Å². The quantitative estimate of drug-likeness (QED) is 0.409. The standard InChI is InChI=1S/C13H22N8.HI/c1-11(9-21-6-4-5-18-21)7-15-13(14-2)16-8-12-17-10-19-20(12)3;/h4-6,10-11H,7-9H2,1-3H3,(H2,14,15,16);1H. The molecule has 2 aromatic heterocycles. The molecule has 9 heteroatoms. The Morgan fingerprint density at radius 3 is 2.77 bits per heavy atom. The van der Waals surface area contributed by atoms with Crippen molar-refractivity contribution in [1.29, 1.82) is 0 Å². The van der Waals surface area contributed by atoms with Gasteiger partial charge in [0.2, 0.25) is 0 Å². The Morgan fingerprint density at radius 2 is 2.18 bits per heavy atom. The van der Waals surface area contributed by atoms with Gasteiger partial charge in [-0.1, -0.05) is 6.92 Å². The molecule has 0 bridgehead atoms. The smallest absolute Gasteiger partial charge is 0.191 e. The van der Waals surface area contributed by atoms with Gasteiger partial charge in [0.05, 0.1) is 6.54 Å². The van der Waals surface area contributed by atoms with Gasteiger partial charge < -0.3 is 10.6 Å². The second kappa shape index (κ2) is 9.38. The van der Waals surface area contributed by atoms with Crippen molar-refractivity contribution >= 4 is 29.9 Å². The van der Waals surface area contributed by atoms with Crippen LogP contribution in [0.1, 0.15) is 12.7 Å². The summed E-state index contributed by atoms with van der Waals surface area (Å²) < 4.78 is 3.67. The van der Waals surface area contributed by atoms with E-state index in [1.165, 1.54) is 0 Å². The predicted molar refractivity (Wildman–Crippen MR) is 96.0 cm³/mol. The van der Waals surface area contributed by atoms with Gasteiger partial charge >= 0.3 is 0 Å². The highest BCUT2D eigenvalue weighted by atomic mass is 127. The van der Waals surface area contributed by atoms with Crippen molar-refractivity contribution in [2.75, 3.05) is 13.6 Å². The average Bonchev–Trinajstić information content (AvgIpc) is 3.11. The number of hydrogen-bond acceptors (Lipinski definition) is 4. The molecule has 0 spiro atoms. The van der Waals surface area contributed by atoms with Gasteiger partial charge in [0.15, 0.2) is 5.96 Å². The lowest BCUT2D eigenvalue weighted by Gasteiger charge is -2.16. The number of nitrogens with one attached hydrogen (secondary N) is 2. The highest BCUT2D eigenvalue weighted by Gasteiger charge is 2.06. The first-order chi connectivity index (χ1) is 10.2. The normalized spacial score (nSPS) is 12.6. The van der Waals surface area contributed by atoms with E-state index >= 15 is 0 Å². The van der Waals surface area contributed by atoms with Crippen molar-refractivity contribution < 1.29 is 0 Å². The molecular weight excluding hydrogens is 395 g/mol. The molecular formula is C13H23IN8. The molecule has 22 heavy (non-hydrogen) atoms. The Bertz CT molecular complexity index is 562. The van der Waals surface area contributed by atoms with Crippen LogP contribution in [0.3, 0.4) is 0 Å². The van der Waals surface area contributed by atoms with E-state index in [1.54, 1.807) is 24.3 Å². The fourth-order valence-corrected chi connectivity index (χ4v) is 1.93. The predicted octanol–water partition coefficient (Wildman–Crippen LogP) is 0.631. The van der Waals surface area contributed by atoms with E-state index in [4.69, 9.17) is 0 Å². The van der Waals surface area contributed by atoms with Crippen LogP contribution in [0.2, 0.25) is 0 Å². The molecule has 1 unspecified atom stereocenters. The number of halogens is 1. The van der Waals surface area contributed by atoms with Gasteiger partial charge in [-0.05, 0) is 12.0 Å². The molecule has 122 valence electrons. The third kappa shape index (κ3) is 5.62. The van der Waals surface area contributed by atoms with E-state index in [-0.39, 0.29) is 24.0 Å². The molecule has 8 nitrogen and oxygen atoms in total. The summed E-state index contributed by atoms with van der Waals surface area (Å²) in [6.45, 7) is 4.45. The minimum absolute atomic E-state index is 0. The number of aryl methyl sites for hydroxylation is 1. The van der Waals surface area contributed by atoms with E-state index in [0.717, 1.165) is 24.9 Å². The van der Waals surface area contributed by atoms with Crippen molar-refractivity contribution in [2.45, 2.75) is 20.0 Å². The minimum atomic E-state index is 0. The number of nitrogens with zero attached hydrogens (tertiary/aromatic N) is 6.